The minimum atomic E-state index is -0.242. The Kier molecular flexibility index (Phi) is 1.73. The van der Waals surface area contributed by atoms with E-state index in [9.17, 15) is 4.79 Å². The number of nitrogens with two attached hydrogens (primary N) is 1. The van der Waals surface area contributed by atoms with E-state index in [2.05, 4.69) is 10.1 Å². The van der Waals surface area contributed by atoms with Crippen molar-refractivity contribution >= 4 is 11.6 Å². The summed E-state index contributed by atoms with van der Waals surface area (Å²) in [5.74, 6) is -0.435. The van der Waals surface area contributed by atoms with E-state index in [1.165, 1.54) is 12.1 Å². The van der Waals surface area contributed by atoms with Gasteiger partial charge in [-0.05, 0) is 19.3 Å². The average Bonchev–Trinajstić information content (AvgIpc) is 2.89. The fourth-order valence-electron chi connectivity index (χ4n) is 3.57. The molecule has 1 amide bonds. The molecular formula is C13H14N4O. The highest BCUT2D eigenvalue weighted by molar-refractivity contribution is 5.84. The lowest BCUT2D eigenvalue weighted by Crippen LogP contribution is -2.34. The van der Waals surface area contributed by atoms with Crippen LogP contribution in [0.1, 0.15) is 42.9 Å². The Morgan fingerprint density at radius 2 is 2.33 bits per heavy atom. The molecule has 4 rings (SSSR count). The lowest BCUT2D eigenvalue weighted by atomic mass is 9.66. The second kappa shape index (κ2) is 3.10. The molecule has 1 fully saturated rings. The lowest BCUT2D eigenvalue weighted by Gasteiger charge is -2.39. The SMILES string of the molecule is NC(=O)C1CC2(CCC2)c2c1cnc1ccnn21. The van der Waals surface area contributed by atoms with Gasteiger partial charge in [0.2, 0.25) is 5.91 Å². The maximum Gasteiger partial charge on any atom is 0.225 e. The molecule has 0 aliphatic heterocycles. The number of nitrogens with zero attached hydrogens (tertiary/aromatic N) is 3. The fraction of sp³-hybridized carbons (Fsp3) is 0.462. The van der Waals surface area contributed by atoms with E-state index in [0.29, 0.717) is 0 Å². The summed E-state index contributed by atoms with van der Waals surface area (Å²) in [7, 11) is 0. The van der Waals surface area contributed by atoms with E-state index in [4.69, 9.17) is 5.73 Å². The molecule has 2 N–H and O–H groups in total. The normalized spacial score (nSPS) is 24.1. The molecule has 1 saturated carbocycles. The summed E-state index contributed by atoms with van der Waals surface area (Å²) in [6.45, 7) is 0. The number of carbonyl (C=O) groups excluding carboxylic acids is 1. The number of carbonyl (C=O) groups is 1. The van der Waals surface area contributed by atoms with Crippen LogP contribution in [0.3, 0.4) is 0 Å². The van der Waals surface area contributed by atoms with E-state index in [0.717, 1.165) is 30.5 Å². The highest BCUT2D eigenvalue weighted by Gasteiger charge is 2.51. The Hall–Kier alpha value is -1.91. The summed E-state index contributed by atoms with van der Waals surface area (Å²) < 4.78 is 1.90. The first-order valence-corrected chi connectivity index (χ1v) is 6.34. The predicted octanol–water partition coefficient (Wildman–Crippen LogP) is 1.12. The number of fused-ring (bicyclic) bond motifs is 4. The first kappa shape index (κ1) is 10.1. The monoisotopic (exact) mass is 242 g/mol. The van der Waals surface area contributed by atoms with E-state index in [1.807, 2.05) is 16.8 Å². The van der Waals surface area contributed by atoms with Crippen molar-refractivity contribution in [1.29, 1.82) is 0 Å². The number of primary amides is 1. The molecule has 18 heavy (non-hydrogen) atoms. The molecular weight excluding hydrogens is 228 g/mol. The smallest absolute Gasteiger partial charge is 0.225 e. The van der Waals surface area contributed by atoms with Crippen LogP contribution >= 0.6 is 0 Å². The molecule has 1 spiro atoms. The number of amides is 1. The van der Waals surface area contributed by atoms with Crippen LogP contribution in [0.2, 0.25) is 0 Å². The van der Waals surface area contributed by atoms with Gasteiger partial charge in [0.1, 0.15) is 0 Å². The molecule has 0 saturated heterocycles. The summed E-state index contributed by atoms with van der Waals surface area (Å²) in [5.41, 5.74) is 8.66. The second-order valence-electron chi connectivity index (χ2n) is 5.46. The van der Waals surface area contributed by atoms with Gasteiger partial charge in [-0.3, -0.25) is 4.79 Å². The number of aromatic nitrogens is 3. The highest BCUT2D eigenvalue weighted by atomic mass is 16.1. The predicted molar refractivity (Wildman–Crippen MR) is 65.1 cm³/mol. The fourth-order valence-corrected chi connectivity index (χ4v) is 3.57. The molecule has 5 nitrogen and oxygen atoms in total. The van der Waals surface area contributed by atoms with Gasteiger partial charge in [-0.1, -0.05) is 6.42 Å². The molecule has 2 aliphatic rings. The zero-order chi connectivity index (χ0) is 12.3. The molecule has 5 heteroatoms. The Labute approximate surface area is 104 Å². The Bertz CT molecular complexity index is 656. The minimum absolute atomic E-state index is 0.113. The van der Waals surface area contributed by atoms with Crippen molar-refractivity contribution < 1.29 is 4.79 Å². The van der Waals surface area contributed by atoms with Crippen molar-refractivity contribution in [2.24, 2.45) is 5.73 Å². The third-order valence-electron chi connectivity index (χ3n) is 4.57. The van der Waals surface area contributed by atoms with Crippen molar-refractivity contribution in [2.45, 2.75) is 37.0 Å². The third kappa shape index (κ3) is 1.04. The summed E-state index contributed by atoms with van der Waals surface area (Å²) >= 11 is 0. The van der Waals surface area contributed by atoms with E-state index in [1.54, 1.807) is 6.20 Å². The van der Waals surface area contributed by atoms with Crippen LogP contribution in [0.5, 0.6) is 0 Å². The molecule has 2 aromatic heterocycles. The minimum Gasteiger partial charge on any atom is -0.369 e. The third-order valence-corrected chi connectivity index (χ3v) is 4.57. The van der Waals surface area contributed by atoms with Gasteiger partial charge >= 0.3 is 0 Å². The van der Waals surface area contributed by atoms with Gasteiger partial charge in [0.15, 0.2) is 5.65 Å². The summed E-state index contributed by atoms with van der Waals surface area (Å²) in [6, 6.07) is 1.89. The van der Waals surface area contributed by atoms with Crippen molar-refractivity contribution in [3.8, 4) is 0 Å². The maximum atomic E-state index is 11.6. The van der Waals surface area contributed by atoms with Gasteiger partial charge in [0.05, 0.1) is 17.8 Å². The number of rotatable bonds is 1. The molecule has 0 radical (unpaired) electrons. The van der Waals surface area contributed by atoms with Gasteiger partial charge in [-0.15, -0.1) is 0 Å². The van der Waals surface area contributed by atoms with Crippen LogP contribution in [0.4, 0.5) is 0 Å². The van der Waals surface area contributed by atoms with Crippen LogP contribution < -0.4 is 5.73 Å². The number of hydrogen-bond acceptors (Lipinski definition) is 3. The van der Waals surface area contributed by atoms with E-state index >= 15 is 0 Å². The zero-order valence-corrected chi connectivity index (χ0v) is 9.97. The van der Waals surface area contributed by atoms with E-state index in [-0.39, 0.29) is 17.2 Å². The van der Waals surface area contributed by atoms with E-state index < -0.39 is 0 Å². The molecule has 1 atom stereocenters. The quantitative estimate of drug-likeness (QED) is 0.814. The van der Waals surface area contributed by atoms with Gasteiger partial charge in [0.25, 0.3) is 0 Å². The number of hydrogen-bond donors (Lipinski definition) is 1. The van der Waals surface area contributed by atoms with Gasteiger partial charge in [0, 0.05) is 23.2 Å². The summed E-state index contributed by atoms with van der Waals surface area (Å²) in [5, 5.41) is 4.36. The summed E-state index contributed by atoms with van der Waals surface area (Å²) in [4.78, 5) is 16.0. The maximum absolute atomic E-state index is 11.6. The molecule has 0 aromatic carbocycles. The van der Waals surface area contributed by atoms with Gasteiger partial charge in [-0.25, -0.2) is 9.50 Å². The van der Waals surface area contributed by atoms with Gasteiger partial charge < -0.3 is 5.73 Å². The molecule has 1 unspecified atom stereocenters. The van der Waals surface area contributed by atoms with Crippen LogP contribution in [-0.2, 0) is 10.2 Å². The second-order valence-corrected chi connectivity index (χ2v) is 5.46. The Morgan fingerprint density at radius 3 is 3.00 bits per heavy atom. The topological polar surface area (TPSA) is 73.3 Å². The van der Waals surface area contributed by atoms with Crippen molar-refractivity contribution in [2.75, 3.05) is 0 Å². The van der Waals surface area contributed by atoms with Crippen molar-refractivity contribution in [3.05, 3.63) is 29.7 Å². The first-order chi connectivity index (χ1) is 8.71. The average molecular weight is 242 g/mol. The first-order valence-electron chi connectivity index (χ1n) is 6.34. The molecule has 92 valence electrons. The Balaban J connectivity index is 2.03. The van der Waals surface area contributed by atoms with Crippen molar-refractivity contribution in [1.82, 2.24) is 14.6 Å². The Morgan fingerprint density at radius 1 is 1.50 bits per heavy atom. The molecule has 2 heterocycles. The molecule has 2 aromatic rings. The van der Waals surface area contributed by atoms with Crippen LogP contribution in [-0.4, -0.2) is 20.5 Å². The zero-order valence-electron chi connectivity index (χ0n) is 9.97. The van der Waals surface area contributed by atoms with Gasteiger partial charge in [-0.2, -0.15) is 5.10 Å². The highest BCUT2D eigenvalue weighted by Crippen LogP contribution is 2.56. The van der Waals surface area contributed by atoms with Crippen LogP contribution in [0, 0.1) is 0 Å². The van der Waals surface area contributed by atoms with Crippen LogP contribution in [0.25, 0.3) is 5.65 Å². The molecule has 2 aliphatic carbocycles. The largest absolute Gasteiger partial charge is 0.369 e. The van der Waals surface area contributed by atoms with Crippen molar-refractivity contribution in [3.63, 3.8) is 0 Å². The summed E-state index contributed by atoms with van der Waals surface area (Å²) in [6.07, 6.45) is 7.88. The lowest BCUT2D eigenvalue weighted by molar-refractivity contribution is -0.119. The molecule has 0 bridgehead atoms. The van der Waals surface area contributed by atoms with Crippen LogP contribution in [0.15, 0.2) is 18.5 Å². The standard InChI is InChI=1S/C13H14N4O/c14-12(18)8-6-13(3-1-4-13)11-9(8)7-15-10-2-5-16-17(10)11/h2,5,7-8H,1,3-4,6H2,(H2,14,18).